The minimum Gasteiger partial charge on any atom is -0.461 e. The Balaban J connectivity index is 2.41. The first kappa shape index (κ1) is 22.6. The largest absolute Gasteiger partial charge is 0.461 e. The van der Waals surface area contributed by atoms with Crippen molar-refractivity contribution in [1.29, 1.82) is 0 Å². The standard InChI is InChI=1S/C22H28O7/c1-5-13(2)21(25)28-18-9-16(11-23)7-6-8-17(12-27-15(4)24)10-19-20(18)14(3)22(26)29-19/h7,10-11,13,18-20H,3,5-6,8-9,12H2,1-2,4H3. The van der Waals surface area contributed by atoms with Gasteiger partial charge >= 0.3 is 17.9 Å². The predicted octanol–water partition coefficient (Wildman–Crippen LogP) is 2.84. The van der Waals surface area contributed by atoms with E-state index in [4.69, 9.17) is 14.2 Å². The summed E-state index contributed by atoms with van der Waals surface area (Å²) in [5.41, 5.74) is 1.44. The monoisotopic (exact) mass is 404 g/mol. The summed E-state index contributed by atoms with van der Waals surface area (Å²) in [7, 11) is 0. The van der Waals surface area contributed by atoms with Crippen LogP contribution in [0.4, 0.5) is 0 Å². The van der Waals surface area contributed by atoms with Gasteiger partial charge in [0.05, 0.1) is 11.8 Å². The van der Waals surface area contributed by atoms with Crippen molar-refractivity contribution in [2.75, 3.05) is 6.61 Å². The van der Waals surface area contributed by atoms with Gasteiger partial charge in [0.25, 0.3) is 0 Å². The van der Waals surface area contributed by atoms with Crippen LogP contribution >= 0.6 is 0 Å². The number of aldehydes is 1. The SMILES string of the molecule is C=C1C(=O)OC2C=C(COC(C)=O)CCC=C(C=O)CC(OC(=O)C(C)CC)C12. The van der Waals surface area contributed by atoms with Crippen molar-refractivity contribution >= 4 is 24.2 Å². The number of carbonyl (C=O) groups excluding carboxylic acids is 4. The van der Waals surface area contributed by atoms with Gasteiger partial charge in [-0.05, 0) is 36.5 Å². The summed E-state index contributed by atoms with van der Waals surface area (Å²) in [6.45, 7) is 8.85. The minimum absolute atomic E-state index is 0.0597. The molecule has 0 spiro atoms. The maximum absolute atomic E-state index is 12.4. The molecule has 0 aromatic rings. The Morgan fingerprint density at radius 1 is 1.41 bits per heavy atom. The van der Waals surface area contributed by atoms with Gasteiger partial charge < -0.3 is 14.2 Å². The van der Waals surface area contributed by atoms with Gasteiger partial charge in [-0.1, -0.05) is 26.5 Å². The molecule has 4 unspecified atom stereocenters. The second kappa shape index (κ2) is 10.2. The molecule has 0 N–H and O–H groups in total. The smallest absolute Gasteiger partial charge is 0.334 e. The Labute approximate surface area is 170 Å². The zero-order chi connectivity index (χ0) is 21.6. The molecule has 2 rings (SSSR count). The van der Waals surface area contributed by atoms with E-state index < -0.39 is 36.0 Å². The number of esters is 3. The van der Waals surface area contributed by atoms with E-state index in [1.165, 1.54) is 6.92 Å². The molecule has 158 valence electrons. The van der Waals surface area contributed by atoms with E-state index in [-0.39, 0.29) is 24.5 Å². The Bertz CT molecular complexity index is 746. The summed E-state index contributed by atoms with van der Waals surface area (Å²) in [5.74, 6) is -2.31. The van der Waals surface area contributed by atoms with Gasteiger partial charge in [0.2, 0.25) is 0 Å². The van der Waals surface area contributed by atoms with Gasteiger partial charge in [-0.25, -0.2) is 4.79 Å². The maximum Gasteiger partial charge on any atom is 0.334 e. The molecular formula is C22H28O7. The van der Waals surface area contributed by atoms with E-state index in [2.05, 4.69) is 6.58 Å². The normalized spacial score (nSPS) is 25.7. The molecule has 7 nitrogen and oxygen atoms in total. The summed E-state index contributed by atoms with van der Waals surface area (Å²) >= 11 is 0. The lowest BCUT2D eigenvalue weighted by atomic mass is 9.85. The highest BCUT2D eigenvalue weighted by Gasteiger charge is 2.45. The van der Waals surface area contributed by atoms with Crippen molar-refractivity contribution in [2.24, 2.45) is 11.8 Å². The molecule has 0 aromatic heterocycles. The van der Waals surface area contributed by atoms with Crippen LogP contribution in [0.5, 0.6) is 0 Å². The molecule has 29 heavy (non-hydrogen) atoms. The molecule has 1 saturated heterocycles. The van der Waals surface area contributed by atoms with Gasteiger partial charge in [-0.2, -0.15) is 0 Å². The Morgan fingerprint density at radius 3 is 2.76 bits per heavy atom. The maximum atomic E-state index is 12.4. The number of hydrogen-bond acceptors (Lipinski definition) is 7. The molecule has 1 aliphatic carbocycles. The van der Waals surface area contributed by atoms with Crippen molar-refractivity contribution in [1.82, 2.24) is 0 Å². The first-order valence-corrected chi connectivity index (χ1v) is 9.84. The van der Waals surface area contributed by atoms with Crippen molar-refractivity contribution in [2.45, 2.75) is 58.7 Å². The number of allylic oxidation sites excluding steroid dienone is 1. The van der Waals surface area contributed by atoms with Crippen LogP contribution in [0.1, 0.15) is 46.5 Å². The number of hydrogen-bond donors (Lipinski definition) is 0. The van der Waals surface area contributed by atoms with Crippen LogP contribution in [0, 0.1) is 11.8 Å². The van der Waals surface area contributed by atoms with Crippen LogP contribution in [0.2, 0.25) is 0 Å². The first-order chi connectivity index (χ1) is 13.8. The molecule has 1 fully saturated rings. The van der Waals surface area contributed by atoms with Crippen molar-refractivity contribution in [3.63, 3.8) is 0 Å². The number of fused-ring (bicyclic) bond motifs is 1. The van der Waals surface area contributed by atoms with Crippen LogP contribution in [-0.4, -0.2) is 43.0 Å². The molecular weight excluding hydrogens is 376 g/mol. The summed E-state index contributed by atoms with van der Waals surface area (Å²) in [4.78, 5) is 47.4. The number of carbonyl (C=O) groups is 4. The first-order valence-electron chi connectivity index (χ1n) is 9.84. The fraction of sp³-hybridized carbons (Fsp3) is 0.545. The molecule has 7 heteroatoms. The molecule has 0 saturated carbocycles. The predicted molar refractivity (Wildman–Crippen MR) is 105 cm³/mol. The summed E-state index contributed by atoms with van der Waals surface area (Å²) in [6, 6.07) is 0. The summed E-state index contributed by atoms with van der Waals surface area (Å²) in [6.07, 6.45) is 4.65. The van der Waals surface area contributed by atoms with E-state index in [1.807, 2.05) is 6.92 Å². The fourth-order valence-electron chi connectivity index (χ4n) is 3.34. The van der Waals surface area contributed by atoms with Crippen molar-refractivity contribution < 1.29 is 33.4 Å². The van der Waals surface area contributed by atoms with Crippen LogP contribution < -0.4 is 0 Å². The van der Waals surface area contributed by atoms with E-state index in [9.17, 15) is 19.2 Å². The Morgan fingerprint density at radius 2 is 2.14 bits per heavy atom. The third-order valence-corrected chi connectivity index (χ3v) is 5.27. The van der Waals surface area contributed by atoms with Gasteiger partial charge in [0.15, 0.2) is 0 Å². The Hall–Kier alpha value is -2.70. The quantitative estimate of drug-likeness (QED) is 0.221. The second-order valence-electron chi connectivity index (χ2n) is 7.45. The number of rotatable bonds is 6. The zero-order valence-electron chi connectivity index (χ0n) is 17.1. The van der Waals surface area contributed by atoms with Crippen LogP contribution in [-0.2, 0) is 33.4 Å². The van der Waals surface area contributed by atoms with Gasteiger partial charge in [-0.15, -0.1) is 0 Å². The highest BCUT2D eigenvalue weighted by atomic mass is 16.6. The van der Waals surface area contributed by atoms with Crippen molar-refractivity contribution in [3.8, 4) is 0 Å². The topological polar surface area (TPSA) is 96.0 Å². The van der Waals surface area contributed by atoms with Crippen molar-refractivity contribution in [3.05, 3.63) is 35.5 Å². The number of ether oxygens (including phenoxy) is 3. The molecule has 4 atom stereocenters. The van der Waals surface area contributed by atoms with Crippen LogP contribution in [0.3, 0.4) is 0 Å². The lowest BCUT2D eigenvalue weighted by Crippen LogP contribution is -2.35. The second-order valence-corrected chi connectivity index (χ2v) is 7.45. The highest BCUT2D eigenvalue weighted by Crippen LogP contribution is 2.36. The minimum atomic E-state index is -0.763. The fourth-order valence-corrected chi connectivity index (χ4v) is 3.34. The molecule has 0 radical (unpaired) electrons. The molecule has 2 aliphatic rings. The lowest BCUT2D eigenvalue weighted by molar-refractivity contribution is -0.156. The molecule has 1 aliphatic heterocycles. The molecule has 0 amide bonds. The lowest BCUT2D eigenvalue weighted by Gasteiger charge is -2.28. The zero-order valence-corrected chi connectivity index (χ0v) is 17.1. The molecule has 0 bridgehead atoms. The third kappa shape index (κ3) is 5.89. The average Bonchev–Trinajstić information content (AvgIpc) is 2.96. The van der Waals surface area contributed by atoms with E-state index in [0.717, 1.165) is 11.9 Å². The van der Waals surface area contributed by atoms with Crippen LogP contribution in [0.25, 0.3) is 0 Å². The average molecular weight is 404 g/mol. The van der Waals surface area contributed by atoms with Gasteiger partial charge in [-0.3, -0.25) is 14.4 Å². The van der Waals surface area contributed by atoms with Crippen LogP contribution in [0.15, 0.2) is 35.5 Å². The highest BCUT2D eigenvalue weighted by molar-refractivity contribution is 5.91. The summed E-state index contributed by atoms with van der Waals surface area (Å²) in [5, 5.41) is 0. The third-order valence-electron chi connectivity index (χ3n) is 5.27. The van der Waals surface area contributed by atoms with E-state index >= 15 is 0 Å². The van der Waals surface area contributed by atoms with Gasteiger partial charge in [0, 0.05) is 18.9 Å². The molecule has 1 heterocycles. The summed E-state index contributed by atoms with van der Waals surface area (Å²) < 4.78 is 16.3. The van der Waals surface area contributed by atoms with E-state index in [0.29, 0.717) is 24.8 Å². The molecule has 0 aromatic carbocycles. The van der Waals surface area contributed by atoms with E-state index in [1.54, 1.807) is 19.1 Å². The van der Waals surface area contributed by atoms with Gasteiger partial charge in [0.1, 0.15) is 25.1 Å². The Kier molecular flexibility index (Phi) is 7.93.